The van der Waals surface area contributed by atoms with Crippen molar-refractivity contribution >= 4 is 41.4 Å². The largest absolute Gasteiger partial charge is 0.480 e. The van der Waals surface area contributed by atoms with E-state index in [0.717, 1.165) is 0 Å². The number of nitrogens with zero attached hydrogens (tertiary/aromatic N) is 2. The number of aliphatic carboxylic acids is 1. The first-order valence-corrected chi connectivity index (χ1v) is 11.5. The second-order valence-corrected chi connectivity index (χ2v) is 8.18. The van der Waals surface area contributed by atoms with E-state index in [-0.39, 0.29) is 12.5 Å². The monoisotopic (exact) mass is 459 g/mol. The highest BCUT2D eigenvalue weighted by atomic mass is 32.2. The second kappa shape index (κ2) is 13.7. The Labute approximate surface area is 185 Å². The molecule has 0 aromatic heterocycles. The number of carboxylic acids is 1. The van der Waals surface area contributed by atoms with Crippen molar-refractivity contribution in [3.05, 3.63) is 0 Å². The lowest BCUT2D eigenvalue weighted by atomic mass is 10.1. The number of guanidine groups is 1. The minimum absolute atomic E-state index is 0.0354. The van der Waals surface area contributed by atoms with Gasteiger partial charge in [0.2, 0.25) is 17.7 Å². The van der Waals surface area contributed by atoms with Crippen LogP contribution in [0, 0.1) is 0 Å². The number of likely N-dealkylation sites (tertiary alicyclic amines) is 1. The fourth-order valence-corrected chi connectivity index (χ4v) is 3.62. The zero-order valence-electron chi connectivity index (χ0n) is 17.7. The van der Waals surface area contributed by atoms with Gasteiger partial charge in [-0.25, -0.2) is 4.79 Å². The molecular weight excluding hydrogens is 426 g/mol. The third kappa shape index (κ3) is 9.42. The zero-order valence-corrected chi connectivity index (χ0v) is 18.5. The molecule has 1 fully saturated rings. The summed E-state index contributed by atoms with van der Waals surface area (Å²) in [4.78, 5) is 53.7. The SMILES string of the molecule is CSCCC(NC(=O)C1CCCN1C(=O)CNC(=O)C(N)CCCN=C(N)N)C(=O)O. The Morgan fingerprint density at radius 1 is 1.26 bits per heavy atom. The van der Waals surface area contributed by atoms with Crippen molar-refractivity contribution < 1.29 is 24.3 Å². The van der Waals surface area contributed by atoms with Gasteiger partial charge in [0.25, 0.3) is 0 Å². The quantitative estimate of drug-likeness (QED) is 0.100. The Bertz CT molecular complexity index is 672. The predicted octanol–water partition coefficient (Wildman–Crippen LogP) is -2.20. The minimum Gasteiger partial charge on any atom is -0.480 e. The molecule has 9 N–H and O–H groups in total. The average Bonchev–Trinajstić information content (AvgIpc) is 3.21. The summed E-state index contributed by atoms with van der Waals surface area (Å²) in [5, 5.41) is 14.3. The van der Waals surface area contributed by atoms with Crippen LogP contribution in [0.2, 0.25) is 0 Å². The van der Waals surface area contributed by atoms with Gasteiger partial charge in [0.15, 0.2) is 5.96 Å². The summed E-state index contributed by atoms with van der Waals surface area (Å²) in [6, 6.07) is -2.57. The van der Waals surface area contributed by atoms with E-state index in [1.165, 1.54) is 16.7 Å². The highest BCUT2D eigenvalue weighted by Gasteiger charge is 2.35. The lowest BCUT2D eigenvalue weighted by molar-refractivity contribution is -0.144. The van der Waals surface area contributed by atoms with Crippen molar-refractivity contribution in [2.24, 2.45) is 22.2 Å². The lowest BCUT2D eigenvalue weighted by Crippen LogP contribution is -2.53. The number of nitrogens with one attached hydrogen (secondary N) is 2. The van der Waals surface area contributed by atoms with Crippen LogP contribution in [0.25, 0.3) is 0 Å². The normalized spacial score (nSPS) is 17.5. The van der Waals surface area contributed by atoms with Crippen molar-refractivity contribution in [1.82, 2.24) is 15.5 Å². The molecule has 0 saturated carbocycles. The second-order valence-electron chi connectivity index (χ2n) is 7.20. The molecule has 3 atom stereocenters. The maximum absolute atomic E-state index is 12.6. The number of thioether (sulfide) groups is 1. The molecule has 3 unspecified atom stereocenters. The van der Waals surface area contributed by atoms with E-state index in [4.69, 9.17) is 17.2 Å². The molecule has 1 saturated heterocycles. The van der Waals surface area contributed by atoms with Gasteiger partial charge < -0.3 is 37.8 Å². The lowest BCUT2D eigenvalue weighted by Gasteiger charge is -2.26. The summed E-state index contributed by atoms with van der Waals surface area (Å²) in [5.74, 6) is -1.97. The van der Waals surface area contributed by atoms with Gasteiger partial charge in [0.1, 0.15) is 12.1 Å². The minimum atomic E-state index is -1.11. The molecule has 0 bridgehead atoms. The van der Waals surface area contributed by atoms with E-state index in [1.54, 1.807) is 0 Å². The number of carbonyl (C=O) groups excluding carboxylic acids is 3. The molecule has 0 aromatic rings. The Morgan fingerprint density at radius 3 is 2.58 bits per heavy atom. The van der Waals surface area contributed by atoms with Crippen molar-refractivity contribution in [3.8, 4) is 0 Å². The summed E-state index contributed by atoms with van der Waals surface area (Å²) in [6.07, 6.45) is 4.05. The number of carbonyl (C=O) groups is 4. The molecule has 0 aliphatic carbocycles. The first-order valence-electron chi connectivity index (χ1n) is 10.1. The highest BCUT2D eigenvalue weighted by Crippen LogP contribution is 2.18. The summed E-state index contributed by atoms with van der Waals surface area (Å²) in [6.45, 7) is 0.417. The number of carboxylic acid groups (broad SMARTS) is 1. The number of rotatable bonds is 13. The summed E-state index contributed by atoms with van der Waals surface area (Å²) in [7, 11) is 0. The van der Waals surface area contributed by atoms with Crippen LogP contribution in [0.3, 0.4) is 0 Å². The number of hydrogen-bond acceptors (Lipinski definition) is 7. The smallest absolute Gasteiger partial charge is 0.326 e. The fourth-order valence-electron chi connectivity index (χ4n) is 3.14. The van der Waals surface area contributed by atoms with Gasteiger partial charge in [-0.2, -0.15) is 11.8 Å². The topological polar surface area (TPSA) is 206 Å². The maximum Gasteiger partial charge on any atom is 0.326 e. The van der Waals surface area contributed by atoms with Crippen molar-refractivity contribution in [1.29, 1.82) is 0 Å². The van der Waals surface area contributed by atoms with E-state index >= 15 is 0 Å². The van der Waals surface area contributed by atoms with Gasteiger partial charge >= 0.3 is 5.97 Å². The first kappa shape index (κ1) is 26.5. The number of amides is 3. The maximum atomic E-state index is 12.6. The van der Waals surface area contributed by atoms with Crippen LogP contribution in [0.15, 0.2) is 4.99 Å². The van der Waals surface area contributed by atoms with Gasteiger partial charge in [-0.15, -0.1) is 0 Å². The molecule has 31 heavy (non-hydrogen) atoms. The van der Waals surface area contributed by atoms with Gasteiger partial charge in [-0.05, 0) is 44.1 Å². The molecule has 1 aliphatic rings. The van der Waals surface area contributed by atoms with Gasteiger partial charge in [0.05, 0.1) is 12.6 Å². The summed E-state index contributed by atoms with van der Waals surface area (Å²) in [5.41, 5.74) is 16.2. The van der Waals surface area contributed by atoms with Crippen LogP contribution < -0.4 is 27.8 Å². The van der Waals surface area contributed by atoms with E-state index in [9.17, 15) is 24.3 Å². The van der Waals surface area contributed by atoms with Crippen LogP contribution in [0.5, 0.6) is 0 Å². The average molecular weight is 460 g/mol. The molecule has 0 aromatic carbocycles. The Hall–Kier alpha value is -2.54. The van der Waals surface area contributed by atoms with Crippen molar-refractivity contribution in [2.45, 2.75) is 50.2 Å². The molecule has 3 amide bonds. The van der Waals surface area contributed by atoms with Gasteiger partial charge in [0, 0.05) is 13.1 Å². The van der Waals surface area contributed by atoms with Crippen LogP contribution in [-0.4, -0.2) is 89.4 Å². The van der Waals surface area contributed by atoms with Gasteiger partial charge in [-0.3, -0.25) is 19.4 Å². The molecule has 176 valence electrons. The van der Waals surface area contributed by atoms with Crippen molar-refractivity contribution in [2.75, 3.05) is 31.6 Å². The Kier molecular flexibility index (Phi) is 11.7. The fraction of sp³-hybridized carbons (Fsp3) is 0.722. The van der Waals surface area contributed by atoms with E-state index < -0.39 is 41.8 Å². The van der Waals surface area contributed by atoms with E-state index in [0.29, 0.717) is 50.9 Å². The molecular formula is C18H33N7O5S. The zero-order chi connectivity index (χ0) is 23.4. The van der Waals surface area contributed by atoms with Crippen molar-refractivity contribution in [3.63, 3.8) is 0 Å². The van der Waals surface area contributed by atoms with E-state index in [1.807, 2.05) is 6.26 Å². The number of hydrogen-bond donors (Lipinski definition) is 6. The molecule has 1 heterocycles. The Balaban J connectivity index is 2.52. The molecule has 0 radical (unpaired) electrons. The van der Waals surface area contributed by atoms with Crippen LogP contribution in [0.4, 0.5) is 0 Å². The van der Waals surface area contributed by atoms with E-state index in [2.05, 4.69) is 15.6 Å². The molecule has 12 nitrogen and oxygen atoms in total. The molecule has 13 heteroatoms. The predicted molar refractivity (Wildman–Crippen MR) is 118 cm³/mol. The third-order valence-electron chi connectivity index (χ3n) is 4.82. The van der Waals surface area contributed by atoms with Gasteiger partial charge in [-0.1, -0.05) is 0 Å². The molecule has 1 aliphatic heterocycles. The molecule has 1 rings (SSSR count). The first-order chi connectivity index (χ1) is 14.7. The summed E-state index contributed by atoms with van der Waals surface area (Å²) >= 11 is 1.48. The third-order valence-corrected chi connectivity index (χ3v) is 5.46. The standard InChI is InChI=1S/C18H33N7O5S/c1-31-9-6-12(17(29)30)24-16(28)13-5-3-8-25(13)14(26)10-23-15(27)11(19)4-2-7-22-18(20)21/h11-13H,2-10,19H2,1H3,(H,23,27)(H,24,28)(H,29,30)(H4,20,21,22). The Morgan fingerprint density at radius 2 is 1.97 bits per heavy atom. The van der Waals surface area contributed by atoms with Crippen LogP contribution >= 0.6 is 11.8 Å². The molecule has 0 spiro atoms. The summed E-state index contributed by atoms with van der Waals surface area (Å²) < 4.78 is 0. The highest BCUT2D eigenvalue weighted by molar-refractivity contribution is 7.98. The van der Waals surface area contributed by atoms with Crippen LogP contribution in [0.1, 0.15) is 32.1 Å². The number of nitrogens with two attached hydrogens (primary N) is 3. The number of aliphatic imine (C=N–C) groups is 1. The van der Waals surface area contributed by atoms with Crippen LogP contribution in [-0.2, 0) is 19.2 Å².